The lowest BCUT2D eigenvalue weighted by atomic mass is 10.3. The third kappa shape index (κ3) is 2.05. The third-order valence-electron chi connectivity index (χ3n) is 1.43. The van der Waals surface area contributed by atoms with Gasteiger partial charge in [-0.15, -0.1) is 0 Å². The van der Waals surface area contributed by atoms with Gasteiger partial charge >= 0.3 is 5.97 Å². The van der Waals surface area contributed by atoms with E-state index in [4.69, 9.17) is 0 Å². The minimum Gasteiger partial charge on any atom is -0.464 e. The molecule has 74 valence electrons. The summed E-state index contributed by atoms with van der Waals surface area (Å²) in [6, 6.07) is 1.05. The molecule has 0 saturated heterocycles. The molecule has 7 heteroatoms. The summed E-state index contributed by atoms with van der Waals surface area (Å²) < 4.78 is 4.59. The maximum absolute atomic E-state index is 11.0. The van der Waals surface area contributed by atoms with Crippen LogP contribution in [0.5, 0.6) is 0 Å². The Morgan fingerprint density at radius 1 is 1.71 bits per heavy atom. The molecule has 0 spiro atoms. The van der Waals surface area contributed by atoms with Crippen molar-refractivity contribution in [2.24, 2.45) is 0 Å². The Morgan fingerprint density at radius 3 is 2.86 bits per heavy atom. The fourth-order valence-electron chi connectivity index (χ4n) is 0.784. The molecule has 0 fully saturated rings. The van der Waals surface area contributed by atoms with Gasteiger partial charge in [0.2, 0.25) is 0 Å². The first-order valence-corrected chi connectivity index (χ1v) is 4.24. The number of methoxy groups -OCH3 is 1. The Balaban J connectivity index is 3.19. The molecular weight excluding hydrogens is 256 g/mol. The van der Waals surface area contributed by atoms with Crippen LogP contribution in [0.3, 0.4) is 0 Å². The number of carbonyl (C=O) groups is 1. The number of aromatic nitrogens is 1. The van der Waals surface area contributed by atoms with Crippen LogP contribution < -0.4 is 0 Å². The Bertz CT molecular complexity index is 393. The zero-order chi connectivity index (χ0) is 10.7. The molecule has 0 radical (unpaired) electrons. The lowest BCUT2D eigenvalue weighted by molar-refractivity contribution is -0.385. The van der Waals surface area contributed by atoms with Crippen LogP contribution in [0, 0.1) is 10.1 Å². The lowest BCUT2D eigenvalue weighted by Gasteiger charge is -1.98. The van der Waals surface area contributed by atoms with E-state index in [9.17, 15) is 14.9 Å². The summed E-state index contributed by atoms with van der Waals surface area (Å²) in [4.78, 5) is 24.5. The van der Waals surface area contributed by atoms with Crippen LogP contribution >= 0.6 is 15.9 Å². The number of carbonyl (C=O) groups excluding carboxylic acids is 1. The molecule has 0 saturated carbocycles. The molecule has 0 unspecified atom stereocenters. The van der Waals surface area contributed by atoms with Crippen molar-refractivity contribution in [1.82, 2.24) is 4.98 Å². The molecule has 6 nitrogen and oxygen atoms in total. The van der Waals surface area contributed by atoms with Crippen molar-refractivity contribution in [1.29, 1.82) is 0 Å². The standard InChI is InChI=1S/C7H5BrN2O4/c1-14-7(11)5-2-6(10(12)13)4(8)3-9-5/h2-3H,1H3. The van der Waals surface area contributed by atoms with E-state index in [1.165, 1.54) is 13.3 Å². The average molecular weight is 261 g/mol. The Kier molecular flexibility index (Phi) is 3.13. The second kappa shape index (κ2) is 4.14. The summed E-state index contributed by atoms with van der Waals surface area (Å²) in [6.07, 6.45) is 1.18. The lowest BCUT2D eigenvalue weighted by Crippen LogP contribution is -2.05. The van der Waals surface area contributed by atoms with E-state index < -0.39 is 10.9 Å². The van der Waals surface area contributed by atoms with E-state index in [0.29, 0.717) is 0 Å². The first-order valence-electron chi connectivity index (χ1n) is 3.44. The van der Waals surface area contributed by atoms with Crippen LogP contribution in [-0.2, 0) is 4.74 Å². The molecule has 0 atom stereocenters. The summed E-state index contributed by atoms with van der Waals surface area (Å²) in [5.74, 6) is -0.708. The van der Waals surface area contributed by atoms with Crippen LogP contribution in [0.4, 0.5) is 5.69 Å². The van der Waals surface area contributed by atoms with E-state index in [0.717, 1.165) is 6.07 Å². The highest BCUT2D eigenvalue weighted by atomic mass is 79.9. The quantitative estimate of drug-likeness (QED) is 0.458. The minimum atomic E-state index is -0.708. The van der Waals surface area contributed by atoms with Crippen molar-refractivity contribution in [3.63, 3.8) is 0 Å². The molecule has 0 aliphatic heterocycles. The van der Waals surface area contributed by atoms with Crippen LogP contribution in [0.1, 0.15) is 10.5 Å². The fourth-order valence-corrected chi connectivity index (χ4v) is 1.15. The molecule has 0 aliphatic carbocycles. The normalized spacial score (nSPS) is 9.57. The molecule has 0 aromatic carbocycles. The maximum Gasteiger partial charge on any atom is 0.356 e. The molecule has 0 aliphatic rings. The molecule has 1 rings (SSSR count). The van der Waals surface area contributed by atoms with Crippen LogP contribution in [-0.4, -0.2) is 23.0 Å². The number of nitro groups is 1. The second-order valence-corrected chi connectivity index (χ2v) is 3.12. The summed E-state index contributed by atoms with van der Waals surface area (Å²) in [7, 11) is 1.18. The van der Waals surface area contributed by atoms with Gasteiger partial charge in [0, 0.05) is 6.20 Å². The molecular formula is C7H5BrN2O4. The number of halogens is 1. The van der Waals surface area contributed by atoms with Crippen molar-refractivity contribution in [2.75, 3.05) is 7.11 Å². The number of rotatable bonds is 2. The summed E-state index contributed by atoms with van der Waals surface area (Å²) in [6.45, 7) is 0. The van der Waals surface area contributed by atoms with Gasteiger partial charge in [0.05, 0.1) is 18.1 Å². The number of ether oxygens (including phenoxy) is 1. The van der Waals surface area contributed by atoms with Gasteiger partial charge in [0.1, 0.15) is 4.47 Å². The van der Waals surface area contributed by atoms with Crippen molar-refractivity contribution in [3.05, 3.63) is 32.5 Å². The monoisotopic (exact) mass is 260 g/mol. The third-order valence-corrected chi connectivity index (χ3v) is 2.04. The average Bonchev–Trinajstić information content (AvgIpc) is 2.17. The fraction of sp³-hybridized carbons (Fsp3) is 0.143. The highest BCUT2D eigenvalue weighted by Gasteiger charge is 2.17. The SMILES string of the molecule is COC(=O)c1cc([N+](=O)[O-])c(Br)cn1. The van der Waals surface area contributed by atoms with Gasteiger partial charge in [-0.2, -0.15) is 0 Å². The Hall–Kier alpha value is -1.50. The molecule has 0 amide bonds. The van der Waals surface area contributed by atoms with Crippen molar-refractivity contribution < 1.29 is 14.5 Å². The van der Waals surface area contributed by atoms with Gasteiger partial charge in [-0.3, -0.25) is 10.1 Å². The number of nitrogens with zero attached hydrogens (tertiary/aromatic N) is 2. The number of hydrogen-bond donors (Lipinski definition) is 0. The molecule has 0 N–H and O–H groups in total. The van der Waals surface area contributed by atoms with Gasteiger partial charge < -0.3 is 4.74 Å². The predicted octanol–water partition coefficient (Wildman–Crippen LogP) is 1.54. The maximum atomic E-state index is 11.0. The van der Waals surface area contributed by atoms with Gasteiger partial charge in [-0.1, -0.05) is 0 Å². The van der Waals surface area contributed by atoms with Crippen LogP contribution in [0.15, 0.2) is 16.7 Å². The largest absolute Gasteiger partial charge is 0.464 e. The Labute approximate surface area is 87.2 Å². The zero-order valence-electron chi connectivity index (χ0n) is 7.06. The van der Waals surface area contributed by atoms with E-state index in [1.54, 1.807) is 0 Å². The molecule has 1 aromatic rings. The van der Waals surface area contributed by atoms with E-state index in [2.05, 4.69) is 25.7 Å². The highest BCUT2D eigenvalue weighted by Crippen LogP contribution is 2.24. The minimum absolute atomic E-state index is 0.0950. The van der Waals surface area contributed by atoms with Crippen molar-refractivity contribution >= 4 is 27.6 Å². The first kappa shape index (κ1) is 10.6. The summed E-state index contributed by atoms with van der Waals surface area (Å²) in [5, 5.41) is 10.5. The molecule has 0 bridgehead atoms. The first-order chi connectivity index (χ1) is 6.56. The van der Waals surface area contributed by atoms with Crippen LogP contribution in [0.25, 0.3) is 0 Å². The molecule has 1 aromatic heterocycles. The predicted molar refractivity (Wildman–Crippen MR) is 49.9 cm³/mol. The van der Waals surface area contributed by atoms with E-state index in [-0.39, 0.29) is 15.9 Å². The molecule has 14 heavy (non-hydrogen) atoms. The highest BCUT2D eigenvalue weighted by molar-refractivity contribution is 9.10. The molecule has 1 heterocycles. The number of hydrogen-bond acceptors (Lipinski definition) is 5. The number of esters is 1. The topological polar surface area (TPSA) is 82.3 Å². The van der Waals surface area contributed by atoms with Gasteiger partial charge in [-0.25, -0.2) is 9.78 Å². The van der Waals surface area contributed by atoms with Gasteiger partial charge in [0.15, 0.2) is 5.69 Å². The smallest absolute Gasteiger partial charge is 0.356 e. The van der Waals surface area contributed by atoms with Crippen LogP contribution in [0.2, 0.25) is 0 Å². The van der Waals surface area contributed by atoms with Gasteiger partial charge in [0.25, 0.3) is 5.69 Å². The van der Waals surface area contributed by atoms with E-state index in [1.807, 2.05) is 0 Å². The van der Waals surface area contributed by atoms with Crippen molar-refractivity contribution in [2.45, 2.75) is 0 Å². The summed E-state index contributed by atoms with van der Waals surface area (Å²) in [5.41, 5.74) is -0.317. The summed E-state index contributed by atoms with van der Waals surface area (Å²) >= 11 is 2.95. The van der Waals surface area contributed by atoms with Crippen molar-refractivity contribution in [3.8, 4) is 0 Å². The van der Waals surface area contributed by atoms with E-state index >= 15 is 0 Å². The Morgan fingerprint density at radius 2 is 2.36 bits per heavy atom. The second-order valence-electron chi connectivity index (χ2n) is 2.27. The zero-order valence-corrected chi connectivity index (χ0v) is 8.65. The number of pyridine rings is 1. The van der Waals surface area contributed by atoms with Gasteiger partial charge in [-0.05, 0) is 15.9 Å².